The first kappa shape index (κ1) is 4.63. The number of hydrogen-bond acceptors (Lipinski definition) is 0. The van der Waals surface area contributed by atoms with Crippen LogP contribution in [0.2, 0.25) is 0 Å². The third-order valence-electron chi connectivity index (χ3n) is 1.32. The molecule has 0 bridgehead atoms. The molecule has 0 atom stereocenters. The quantitative estimate of drug-likeness (QED) is 0.434. The maximum Gasteiger partial charge on any atom is -0.0161 e. The molecule has 0 fully saturated rings. The SMILES string of the molecule is [CH]=CC1CC=CC1. The molecule has 0 heterocycles. The molecule has 0 aromatic carbocycles. The van der Waals surface area contributed by atoms with E-state index in [0.717, 1.165) is 12.8 Å². The van der Waals surface area contributed by atoms with Crippen LogP contribution in [0.25, 0.3) is 0 Å². The highest BCUT2D eigenvalue weighted by Gasteiger charge is 2.02. The van der Waals surface area contributed by atoms with Crippen LogP contribution in [0, 0.1) is 12.5 Å². The van der Waals surface area contributed by atoms with Crippen LogP contribution in [-0.2, 0) is 0 Å². The molecular weight excluding hydrogens is 84.1 g/mol. The summed E-state index contributed by atoms with van der Waals surface area (Å²) in [4.78, 5) is 0. The Balaban J connectivity index is 2.35. The molecule has 1 aliphatic carbocycles. The summed E-state index contributed by atoms with van der Waals surface area (Å²) >= 11 is 0. The second kappa shape index (κ2) is 1.97. The summed E-state index contributed by atoms with van der Waals surface area (Å²) in [7, 11) is 0. The highest BCUT2D eigenvalue weighted by Crippen LogP contribution is 2.17. The fraction of sp³-hybridized carbons (Fsp3) is 0.429. The van der Waals surface area contributed by atoms with Crippen LogP contribution in [-0.4, -0.2) is 0 Å². The van der Waals surface area contributed by atoms with Gasteiger partial charge in [-0.3, -0.25) is 0 Å². The van der Waals surface area contributed by atoms with Crippen LogP contribution in [0.3, 0.4) is 0 Å². The van der Waals surface area contributed by atoms with Gasteiger partial charge in [0.1, 0.15) is 0 Å². The van der Waals surface area contributed by atoms with Crippen molar-refractivity contribution < 1.29 is 0 Å². The molecule has 0 saturated heterocycles. The molecule has 0 nitrogen and oxygen atoms in total. The van der Waals surface area contributed by atoms with Crippen LogP contribution in [0.5, 0.6) is 0 Å². The topological polar surface area (TPSA) is 0 Å². The van der Waals surface area contributed by atoms with Crippen LogP contribution >= 0.6 is 0 Å². The molecule has 0 amide bonds. The Morgan fingerprint density at radius 1 is 1.43 bits per heavy atom. The molecule has 1 radical (unpaired) electrons. The van der Waals surface area contributed by atoms with Crippen molar-refractivity contribution in [2.24, 2.45) is 5.92 Å². The van der Waals surface area contributed by atoms with Crippen molar-refractivity contribution in [2.75, 3.05) is 0 Å². The standard InChI is InChI=1S/C7H9/c1-2-7-5-3-4-6-7/h1-4,7H,5-6H2. The minimum atomic E-state index is 0.639. The van der Waals surface area contributed by atoms with Crippen molar-refractivity contribution in [1.29, 1.82) is 0 Å². The number of rotatable bonds is 1. The molecule has 0 saturated carbocycles. The fourth-order valence-corrected chi connectivity index (χ4v) is 0.795. The van der Waals surface area contributed by atoms with E-state index in [2.05, 4.69) is 12.2 Å². The van der Waals surface area contributed by atoms with Gasteiger partial charge in [0.15, 0.2) is 0 Å². The van der Waals surface area contributed by atoms with E-state index in [9.17, 15) is 0 Å². The van der Waals surface area contributed by atoms with E-state index >= 15 is 0 Å². The molecule has 1 aliphatic rings. The Morgan fingerprint density at radius 2 is 2.00 bits per heavy atom. The van der Waals surface area contributed by atoms with Gasteiger partial charge >= 0.3 is 0 Å². The summed E-state index contributed by atoms with van der Waals surface area (Å²) in [6.07, 6.45) is 8.43. The van der Waals surface area contributed by atoms with Gasteiger partial charge in [0, 0.05) is 0 Å². The van der Waals surface area contributed by atoms with E-state index in [1.807, 2.05) is 0 Å². The first-order valence-corrected chi connectivity index (χ1v) is 2.63. The van der Waals surface area contributed by atoms with E-state index < -0.39 is 0 Å². The van der Waals surface area contributed by atoms with E-state index in [4.69, 9.17) is 6.58 Å². The zero-order valence-corrected chi connectivity index (χ0v) is 4.30. The Hall–Kier alpha value is -0.520. The van der Waals surface area contributed by atoms with Crippen molar-refractivity contribution in [1.82, 2.24) is 0 Å². The number of hydrogen-bond donors (Lipinski definition) is 0. The summed E-state index contributed by atoms with van der Waals surface area (Å²) in [6, 6.07) is 0. The molecule has 0 unspecified atom stereocenters. The fourth-order valence-electron chi connectivity index (χ4n) is 0.795. The molecule has 1 rings (SSSR count). The van der Waals surface area contributed by atoms with Crippen molar-refractivity contribution in [3.63, 3.8) is 0 Å². The van der Waals surface area contributed by atoms with Gasteiger partial charge in [0.2, 0.25) is 0 Å². The lowest BCUT2D eigenvalue weighted by atomic mass is 10.1. The zero-order chi connectivity index (χ0) is 5.11. The van der Waals surface area contributed by atoms with Gasteiger partial charge in [-0.05, 0) is 18.8 Å². The van der Waals surface area contributed by atoms with Gasteiger partial charge in [0.05, 0.1) is 0 Å². The van der Waals surface area contributed by atoms with Gasteiger partial charge < -0.3 is 0 Å². The average Bonchev–Trinajstić information content (AvgIpc) is 2.14. The van der Waals surface area contributed by atoms with E-state index in [1.54, 1.807) is 6.08 Å². The smallest absolute Gasteiger partial charge is 0.0161 e. The molecule has 37 valence electrons. The number of allylic oxidation sites excluding steroid dienone is 3. The third-order valence-corrected chi connectivity index (χ3v) is 1.32. The Morgan fingerprint density at radius 3 is 2.29 bits per heavy atom. The third kappa shape index (κ3) is 0.923. The Kier molecular flexibility index (Phi) is 1.30. The van der Waals surface area contributed by atoms with Gasteiger partial charge in [0.25, 0.3) is 0 Å². The summed E-state index contributed by atoms with van der Waals surface area (Å²) in [6.45, 7) is 5.27. The van der Waals surface area contributed by atoms with Gasteiger partial charge in [-0.1, -0.05) is 24.8 Å². The van der Waals surface area contributed by atoms with E-state index in [-0.39, 0.29) is 0 Å². The maximum atomic E-state index is 5.27. The molecule has 0 aromatic rings. The summed E-state index contributed by atoms with van der Waals surface area (Å²) in [5, 5.41) is 0. The lowest BCUT2D eigenvalue weighted by molar-refractivity contribution is 0.717. The minimum absolute atomic E-state index is 0.639. The first-order chi connectivity index (χ1) is 3.43. The second-order valence-electron chi connectivity index (χ2n) is 1.90. The normalized spacial score (nSPS) is 20.6. The van der Waals surface area contributed by atoms with Crippen molar-refractivity contribution in [3.05, 3.63) is 24.8 Å². The summed E-state index contributed by atoms with van der Waals surface area (Å²) < 4.78 is 0. The maximum absolute atomic E-state index is 5.27. The molecule has 7 heavy (non-hydrogen) atoms. The monoisotopic (exact) mass is 93.1 g/mol. The lowest BCUT2D eigenvalue weighted by Gasteiger charge is -1.95. The Bertz CT molecular complexity index is 82.2. The second-order valence-corrected chi connectivity index (χ2v) is 1.90. The van der Waals surface area contributed by atoms with Crippen molar-refractivity contribution in [2.45, 2.75) is 12.8 Å². The predicted octanol–water partition coefficient (Wildman–Crippen LogP) is 1.94. The van der Waals surface area contributed by atoms with Crippen LogP contribution in [0.4, 0.5) is 0 Å². The molecule has 0 aromatic heterocycles. The van der Waals surface area contributed by atoms with Gasteiger partial charge in [-0.25, -0.2) is 0 Å². The van der Waals surface area contributed by atoms with Gasteiger partial charge in [-0.15, -0.1) is 0 Å². The summed E-state index contributed by atoms with van der Waals surface area (Å²) in [5.74, 6) is 0.639. The first-order valence-electron chi connectivity index (χ1n) is 2.63. The predicted molar refractivity (Wildman–Crippen MR) is 30.7 cm³/mol. The lowest BCUT2D eigenvalue weighted by Crippen LogP contribution is -1.83. The highest BCUT2D eigenvalue weighted by atomic mass is 14.1. The van der Waals surface area contributed by atoms with Crippen LogP contribution in [0.1, 0.15) is 12.8 Å². The van der Waals surface area contributed by atoms with Crippen LogP contribution in [0.15, 0.2) is 18.2 Å². The minimum Gasteiger partial charge on any atom is -0.0879 e. The van der Waals surface area contributed by atoms with Gasteiger partial charge in [-0.2, -0.15) is 0 Å². The molecule has 0 heteroatoms. The largest absolute Gasteiger partial charge is 0.0879 e. The molecule has 0 N–H and O–H groups in total. The molecular formula is C7H9. The molecule has 0 spiro atoms. The van der Waals surface area contributed by atoms with Crippen molar-refractivity contribution in [3.8, 4) is 0 Å². The average molecular weight is 93.1 g/mol. The summed E-state index contributed by atoms with van der Waals surface area (Å²) in [5.41, 5.74) is 0. The van der Waals surface area contributed by atoms with Crippen molar-refractivity contribution >= 4 is 0 Å². The van der Waals surface area contributed by atoms with E-state index in [1.165, 1.54) is 0 Å². The van der Waals surface area contributed by atoms with Crippen LogP contribution < -0.4 is 0 Å². The highest BCUT2D eigenvalue weighted by molar-refractivity contribution is 4.99. The van der Waals surface area contributed by atoms with E-state index in [0.29, 0.717) is 5.92 Å². The Labute approximate surface area is 44.5 Å². The molecule has 0 aliphatic heterocycles. The zero-order valence-electron chi connectivity index (χ0n) is 4.30.